The van der Waals surface area contributed by atoms with Gasteiger partial charge in [0.1, 0.15) is 5.69 Å². The molecule has 0 unspecified atom stereocenters. The second kappa shape index (κ2) is 6.76. The molecule has 0 atom stereocenters. The van der Waals surface area contributed by atoms with Crippen LogP contribution >= 0.6 is 0 Å². The van der Waals surface area contributed by atoms with Gasteiger partial charge in [0, 0.05) is 24.0 Å². The second-order valence-electron chi connectivity index (χ2n) is 5.51. The SMILES string of the molecule is CCN(CC)CCNC(=O)c1cc2c(C)cc(C)cc2[nH]1. The fourth-order valence-corrected chi connectivity index (χ4v) is 2.68. The highest BCUT2D eigenvalue weighted by Crippen LogP contribution is 2.21. The van der Waals surface area contributed by atoms with E-state index in [1.807, 2.05) is 6.07 Å². The molecule has 2 rings (SSSR count). The lowest BCUT2D eigenvalue weighted by Gasteiger charge is -2.17. The van der Waals surface area contributed by atoms with Gasteiger partial charge in [0.15, 0.2) is 0 Å². The minimum Gasteiger partial charge on any atom is -0.351 e. The molecule has 1 amide bonds. The van der Waals surface area contributed by atoms with E-state index >= 15 is 0 Å². The lowest BCUT2D eigenvalue weighted by molar-refractivity contribution is 0.0945. The summed E-state index contributed by atoms with van der Waals surface area (Å²) in [5.74, 6) is -0.0320. The summed E-state index contributed by atoms with van der Waals surface area (Å²) in [7, 11) is 0. The van der Waals surface area contributed by atoms with E-state index in [2.05, 4.69) is 55.0 Å². The van der Waals surface area contributed by atoms with Gasteiger partial charge in [0.2, 0.25) is 0 Å². The minimum absolute atomic E-state index is 0.0320. The molecule has 4 nitrogen and oxygen atoms in total. The average Bonchev–Trinajstić information content (AvgIpc) is 2.87. The first-order valence-corrected chi connectivity index (χ1v) is 7.65. The van der Waals surface area contributed by atoms with Crippen LogP contribution in [-0.2, 0) is 0 Å². The number of rotatable bonds is 6. The summed E-state index contributed by atoms with van der Waals surface area (Å²) in [6.07, 6.45) is 0. The molecule has 0 saturated heterocycles. The standard InChI is InChI=1S/C17H25N3O/c1-5-20(6-2)8-7-18-17(21)16-11-14-13(4)9-12(3)10-15(14)19-16/h9-11,19H,5-8H2,1-4H3,(H,18,21). The van der Waals surface area contributed by atoms with Crippen molar-refractivity contribution >= 4 is 16.8 Å². The van der Waals surface area contributed by atoms with Crippen LogP contribution in [0.3, 0.4) is 0 Å². The number of carbonyl (C=O) groups excluding carboxylic acids is 1. The van der Waals surface area contributed by atoms with Crippen LogP contribution in [0.1, 0.15) is 35.5 Å². The van der Waals surface area contributed by atoms with E-state index in [0.717, 1.165) is 30.5 Å². The van der Waals surface area contributed by atoms with Crippen LogP contribution < -0.4 is 5.32 Å². The molecule has 0 saturated carbocycles. The van der Waals surface area contributed by atoms with Gasteiger partial charge in [-0.05, 0) is 50.2 Å². The van der Waals surface area contributed by atoms with Crippen LogP contribution in [0.2, 0.25) is 0 Å². The number of aromatic nitrogens is 1. The quantitative estimate of drug-likeness (QED) is 0.858. The van der Waals surface area contributed by atoms with E-state index in [1.165, 1.54) is 11.1 Å². The highest BCUT2D eigenvalue weighted by molar-refractivity contribution is 5.98. The molecule has 0 bridgehead atoms. The lowest BCUT2D eigenvalue weighted by atomic mass is 10.1. The Morgan fingerprint density at radius 3 is 2.57 bits per heavy atom. The maximum atomic E-state index is 12.2. The summed E-state index contributed by atoms with van der Waals surface area (Å²) in [6.45, 7) is 12.0. The van der Waals surface area contributed by atoms with Crippen molar-refractivity contribution in [3.63, 3.8) is 0 Å². The number of benzene rings is 1. The predicted molar refractivity (Wildman–Crippen MR) is 87.9 cm³/mol. The molecule has 0 aliphatic heterocycles. The Kier molecular flexibility index (Phi) is 5.02. The molecular weight excluding hydrogens is 262 g/mol. The van der Waals surface area contributed by atoms with E-state index in [0.29, 0.717) is 12.2 Å². The number of aryl methyl sites for hydroxylation is 2. The van der Waals surface area contributed by atoms with Gasteiger partial charge in [-0.3, -0.25) is 4.79 Å². The molecule has 1 aromatic carbocycles. The number of nitrogens with one attached hydrogen (secondary N) is 2. The van der Waals surface area contributed by atoms with E-state index in [1.54, 1.807) is 0 Å². The zero-order valence-corrected chi connectivity index (χ0v) is 13.4. The second-order valence-corrected chi connectivity index (χ2v) is 5.51. The fourth-order valence-electron chi connectivity index (χ4n) is 2.68. The third kappa shape index (κ3) is 3.64. The Bertz CT molecular complexity index is 626. The summed E-state index contributed by atoms with van der Waals surface area (Å²) in [4.78, 5) is 17.7. The molecule has 0 radical (unpaired) electrons. The van der Waals surface area contributed by atoms with Gasteiger partial charge in [-0.2, -0.15) is 0 Å². The first kappa shape index (κ1) is 15.6. The fraction of sp³-hybridized carbons (Fsp3) is 0.471. The molecule has 114 valence electrons. The number of likely N-dealkylation sites (N-methyl/N-ethyl adjacent to an activating group) is 1. The summed E-state index contributed by atoms with van der Waals surface area (Å²) >= 11 is 0. The van der Waals surface area contributed by atoms with Gasteiger partial charge < -0.3 is 15.2 Å². The Hall–Kier alpha value is -1.81. The Morgan fingerprint density at radius 2 is 1.90 bits per heavy atom. The predicted octanol–water partition coefficient (Wildman–Crippen LogP) is 2.86. The first-order valence-electron chi connectivity index (χ1n) is 7.65. The topological polar surface area (TPSA) is 48.1 Å². The van der Waals surface area contributed by atoms with Gasteiger partial charge in [-0.25, -0.2) is 0 Å². The molecular formula is C17H25N3O. The van der Waals surface area contributed by atoms with Gasteiger partial charge in [0.05, 0.1) is 0 Å². The summed E-state index contributed by atoms with van der Waals surface area (Å²) in [5, 5.41) is 4.10. The number of H-pyrrole nitrogens is 1. The van der Waals surface area contributed by atoms with Crippen molar-refractivity contribution in [2.45, 2.75) is 27.7 Å². The normalized spacial score (nSPS) is 11.3. The molecule has 0 spiro atoms. The maximum Gasteiger partial charge on any atom is 0.267 e. The largest absolute Gasteiger partial charge is 0.351 e. The smallest absolute Gasteiger partial charge is 0.267 e. The molecule has 2 N–H and O–H groups in total. The van der Waals surface area contributed by atoms with Gasteiger partial charge in [0.25, 0.3) is 5.91 Å². The number of aromatic amines is 1. The van der Waals surface area contributed by atoms with Crippen molar-refractivity contribution < 1.29 is 4.79 Å². The number of hydrogen-bond donors (Lipinski definition) is 2. The maximum absolute atomic E-state index is 12.2. The van der Waals surface area contributed by atoms with Crippen molar-refractivity contribution in [3.8, 4) is 0 Å². The number of amides is 1. The number of carbonyl (C=O) groups is 1. The zero-order valence-electron chi connectivity index (χ0n) is 13.4. The van der Waals surface area contributed by atoms with Crippen molar-refractivity contribution in [1.82, 2.24) is 15.2 Å². The Labute approximate surface area is 126 Å². The summed E-state index contributed by atoms with van der Waals surface area (Å²) in [6, 6.07) is 6.16. The van der Waals surface area contributed by atoms with Crippen LogP contribution in [0.15, 0.2) is 18.2 Å². The third-order valence-corrected chi connectivity index (χ3v) is 3.94. The van der Waals surface area contributed by atoms with E-state index in [4.69, 9.17) is 0 Å². The van der Waals surface area contributed by atoms with Crippen molar-refractivity contribution in [1.29, 1.82) is 0 Å². The zero-order chi connectivity index (χ0) is 15.4. The van der Waals surface area contributed by atoms with Crippen molar-refractivity contribution in [3.05, 3.63) is 35.0 Å². The van der Waals surface area contributed by atoms with Crippen LogP contribution in [0.25, 0.3) is 10.9 Å². The summed E-state index contributed by atoms with van der Waals surface area (Å²) < 4.78 is 0. The van der Waals surface area contributed by atoms with Crippen molar-refractivity contribution in [2.24, 2.45) is 0 Å². The monoisotopic (exact) mass is 287 g/mol. The number of hydrogen-bond acceptors (Lipinski definition) is 2. The van der Waals surface area contributed by atoms with Crippen LogP contribution in [0.5, 0.6) is 0 Å². The van der Waals surface area contributed by atoms with Crippen LogP contribution in [0.4, 0.5) is 0 Å². The van der Waals surface area contributed by atoms with Crippen LogP contribution in [0, 0.1) is 13.8 Å². The molecule has 0 aliphatic rings. The molecule has 0 aliphatic carbocycles. The Balaban J connectivity index is 2.04. The lowest BCUT2D eigenvalue weighted by Crippen LogP contribution is -2.34. The minimum atomic E-state index is -0.0320. The summed E-state index contributed by atoms with van der Waals surface area (Å²) in [5.41, 5.74) is 4.07. The number of fused-ring (bicyclic) bond motifs is 1. The molecule has 4 heteroatoms. The van der Waals surface area contributed by atoms with E-state index in [-0.39, 0.29) is 5.91 Å². The van der Waals surface area contributed by atoms with Crippen LogP contribution in [-0.4, -0.2) is 42.0 Å². The van der Waals surface area contributed by atoms with Gasteiger partial charge in [-0.1, -0.05) is 19.9 Å². The van der Waals surface area contributed by atoms with E-state index in [9.17, 15) is 4.79 Å². The third-order valence-electron chi connectivity index (χ3n) is 3.94. The molecule has 21 heavy (non-hydrogen) atoms. The molecule has 0 fully saturated rings. The Morgan fingerprint density at radius 1 is 1.19 bits per heavy atom. The highest BCUT2D eigenvalue weighted by Gasteiger charge is 2.11. The number of nitrogens with zero attached hydrogens (tertiary/aromatic N) is 1. The average molecular weight is 287 g/mol. The highest BCUT2D eigenvalue weighted by atomic mass is 16.1. The molecule has 1 heterocycles. The van der Waals surface area contributed by atoms with Crippen molar-refractivity contribution in [2.75, 3.05) is 26.2 Å². The first-order chi connectivity index (χ1) is 10.0. The van der Waals surface area contributed by atoms with Gasteiger partial charge in [-0.15, -0.1) is 0 Å². The van der Waals surface area contributed by atoms with Gasteiger partial charge >= 0.3 is 0 Å². The molecule has 2 aromatic rings. The molecule has 1 aromatic heterocycles. The van der Waals surface area contributed by atoms with E-state index < -0.39 is 0 Å².